The normalized spacial score (nSPS) is 19.3. The third kappa shape index (κ3) is 2.61. The molecule has 2 rings (SSSR count). The summed E-state index contributed by atoms with van der Waals surface area (Å²) in [6.45, 7) is 2.06. The van der Waals surface area contributed by atoms with Crippen LogP contribution in [0, 0.1) is 0 Å². The van der Waals surface area contributed by atoms with Crippen LogP contribution >= 0.6 is 15.9 Å². The number of likely N-dealkylation sites (N-methyl/N-ethyl adjacent to an activating group) is 1. The maximum absolute atomic E-state index is 11.1. The fourth-order valence-electron chi connectivity index (χ4n) is 2.11. The van der Waals surface area contributed by atoms with Crippen LogP contribution in [-0.4, -0.2) is 32.1 Å². The summed E-state index contributed by atoms with van der Waals surface area (Å²) in [4.78, 5) is 13.3. The lowest BCUT2D eigenvalue weighted by molar-refractivity contribution is 0.100. The number of nitrogens with one attached hydrogen (secondary N) is 1. The quantitative estimate of drug-likeness (QED) is 0.885. The largest absolute Gasteiger partial charge is 0.369 e. The van der Waals surface area contributed by atoms with Gasteiger partial charge < -0.3 is 16.0 Å². The third-order valence-corrected chi connectivity index (χ3v) is 3.83. The van der Waals surface area contributed by atoms with Gasteiger partial charge in [0, 0.05) is 29.7 Å². The van der Waals surface area contributed by atoms with E-state index in [9.17, 15) is 4.79 Å². The van der Waals surface area contributed by atoms with E-state index in [2.05, 4.69) is 33.2 Å². The van der Waals surface area contributed by atoms with E-state index in [4.69, 9.17) is 5.73 Å². The number of hydrogen-bond acceptors (Lipinski definition) is 3. The van der Waals surface area contributed by atoms with Crippen molar-refractivity contribution in [3.63, 3.8) is 0 Å². The van der Waals surface area contributed by atoms with Crippen molar-refractivity contribution in [3.8, 4) is 0 Å². The highest BCUT2D eigenvalue weighted by atomic mass is 79.9. The molecule has 0 spiro atoms. The maximum Gasteiger partial charge on any atom is 0.248 e. The zero-order chi connectivity index (χ0) is 12.4. The number of amides is 1. The first-order chi connectivity index (χ1) is 8.09. The van der Waals surface area contributed by atoms with Crippen LogP contribution in [-0.2, 0) is 0 Å². The van der Waals surface area contributed by atoms with Gasteiger partial charge in [0.15, 0.2) is 0 Å². The van der Waals surface area contributed by atoms with Crippen molar-refractivity contribution in [2.75, 3.05) is 25.0 Å². The average molecular weight is 298 g/mol. The first-order valence-corrected chi connectivity index (χ1v) is 6.42. The molecule has 0 aliphatic carbocycles. The molecule has 1 aliphatic heterocycles. The van der Waals surface area contributed by atoms with Gasteiger partial charge in [0.2, 0.25) is 5.91 Å². The Hall–Kier alpha value is -1.07. The van der Waals surface area contributed by atoms with Crippen LogP contribution < -0.4 is 16.0 Å². The third-order valence-electron chi connectivity index (χ3n) is 3.19. The molecular formula is C12H16BrN3O. The molecule has 92 valence electrons. The minimum Gasteiger partial charge on any atom is -0.369 e. The first-order valence-electron chi connectivity index (χ1n) is 5.62. The molecule has 1 heterocycles. The lowest BCUT2D eigenvalue weighted by Crippen LogP contribution is -2.33. The molecule has 1 aromatic carbocycles. The molecule has 1 unspecified atom stereocenters. The van der Waals surface area contributed by atoms with Gasteiger partial charge in [-0.15, -0.1) is 0 Å². The van der Waals surface area contributed by atoms with E-state index in [0.717, 1.165) is 29.7 Å². The van der Waals surface area contributed by atoms with Gasteiger partial charge in [-0.2, -0.15) is 0 Å². The van der Waals surface area contributed by atoms with Crippen LogP contribution in [0.4, 0.5) is 5.69 Å². The molecule has 0 aromatic heterocycles. The van der Waals surface area contributed by atoms with E-state index in [0.29, 0.717) is 11.6 Å². The Bertz CT molecular complexity index is 430. The van der Waals surface area contributed by atoms with Crippen LogP contribution in [0.1, 0.15) is 16.8 Å². The van der Waals surface area contributed by atoms with Crippen LogP contribution in [0.25, 0.3) is 0 Å². The summed E-state index contributed by atoms with van der Waals surface area (Å²) >= 11 is 3.49. The molecule has 1 saturated heterocycles. The Labute approximate surface area is 109 Å². The molecule has 5 heteroatoms. The molecule has 1 atom stereocenters. The topological polar surface area (TPSA) is 58.4 Å². The standard InChI is InChI=1S/C12H16BrN3O/c1-16(9-4-5-15-7-9)11-3-2-8(12(14)17)6-10(11)13/h2-3,6,9,15H,4-5,7H2,1H3,(H2,14,17). The zero-order valence-corrected chi connectivity index (χ0v) is 11.3. The fourth-order valence-corrected chi connectivity index (χ4v) is 2.77. The molecule has 17 heavy (non-hydrogen) atoms. The molecule has 0 saturated carbocycles. The Morgan fingerprint density at radius 2 is 2.35 bits per heavy atom. The molecule has 0 radical (unpaired) electrons. The number of nitrogens with two attached hydrogens (primary N) is 1. The van der Waals surface area contributed by atoms with Gasteiger partial charge in [0.05, 0.1) is 5.69 Å². The lowest BCUT2D eigenvalue weighted by Gasteiger charge is -2.27. The maximum atomic E-state index is 11.1. The van der Waals surface area contributed by atoms with Gasteiger partial charge in [0.1, 0.15) is 0 Å². The highest BCUT2D eigenvalue weighted by molar-refractivity contribution is 9.10. The lowest BCUT2D eigenvalue weighted by atomic mass is 10.1. The van der Waals surface area contributed by atoms with E-state index in [1.807, 2.05) is 6.07 Å². The molecule has 3 N–H and O–H groups in total. The minimum absolute atomic E-state index is 0.401. The summed E-state index contributed by atoms with van der Waals surface area (Å²) in [7, 11) is 2.07. The van der Waals surface area contributed by atoms with Crippen molar-refractivity contribution >= 4 is 27.5 Å². The molecule has 4 nitrogen and oxygen atoms in total. The fraction of sp³-hybridized carbons (Fsp3) is 0.417. The summed E-state index contributed by atoms with van der Waals surface area (Å²) in [6, 6.07) is 5.98. The van der Waals surface area contributed by atoms with Gasteiger partial charge in [-0.3, -0.25) is 4.79 Å². The van der Waals surface area contributed by atoms with E-state index >= 15 is 0 Å². The summed E-state index contributed by atoms with van der Waals surface area (Å²) < 4.78 is 0.906. The molecule has 1 aromatic rings. The van der Waals surface area contributed by atoms with E-state index in [1.165, 1.54) is 0 Å². The van der Waals surface area contributed by atoms with Crippen LogP contribution in [0.15, 0.2) is 22.7 Å². The summed E-state index contributed by atoms with van der Waals surface area (Å²) in [5.41, 5.74) is 6.86. The Morgan fingerprint density at radius 1 is 1.59 bits per heavy atom. The smallest absolute Gasteiger partial charge is 0.248 e. The Balaban J connectivity index is 2.23. The number of benzene rings is 1. The number of nitrogens with zero attached hydrogens (tertiary/aromatic N) is 1. The molecule has 1 fully saturated rings. The first kappa shape index (κ1) is 12.4. The molecule has 1 amide bonds. The van der Waals surface area contributed by atoms with E-state index in [-0.39, 0.29) is 0 Å². The number of rotatable bonds is 3. The van der Waals surface area contributed by atoms with Crippen molar-refractivity contribution in [2.45, 2.75) is 12.5 Å². The predicted octanol–water partition coefficient (Wildman–Crippen LogP) is 1.35. The SMILES string of the molecule is CN(c1ccc(C(N)=O)cc1Br)C1CCNC1. The zero-order valence-electron chi connectivity index (χ0n) is 9.74. The van der Waals surface area contributed by atoms with Crippen molar-refractivity contribution in [1.29, 1.82) is 0 Å². The van der Waals surface area contributed by atoms with Gasteiger partial charge in [0.25, 0.3) is 0 Å². The van der Waals surface area contributed by atoms with E-state index < -0.39 is 5.91 Å². The van der Waals surface area contributed by atoms with Crippen molar-refractivity contribution in [2.24, 2.45) is 5.73 Å². The van der Waals surface area contributed by atoms with Gasteiger partial charge >= 0.3 is 0 Å². The molecule has 0 bridgehead atoms. The second kappa shape index (κ2) is 5.06. The highest BCUT2D eigenvalue weighted by Gasteiger charge is 2.21. The summed E-state index contributed by atoms with van der Waals surface area (Å²) in [6.07, 6.45) is 1.14. The minimum atomic E-state index is -0.401. The molecular weight excluding hydrogens is 282 g/mol. The average Bonchev–Trinajstić information content (AvgIpc) is 2.81. The number of halogens is 1. The van der Waals surface area contributed by atoms with Gasteiger partial charge in [-0.05, 0) is 47.1 Å². The number of primary amides is 1. The molecule has 1 aliphatic rings. The Morgan fingerprint density at radius 3 is 2.88 bits per heavy atom. The summed E-state index contributed by atoms with van der Waals surface area (Å²) in [5, 5.41) is 3.34. The van der Waals surface area contributed by atoms with Crippen molar-refractivity contribution in [1.82, 2.24) is 5.32 Å². The second-order valence-corrected chi connectivity index (χ2v) is 5.14. The van der Waals surface area contributed by atoms with E-state index in [1.54, 1.807) is 12.1 Å². The summed E-state index contributed by atoms with van der Waals surface area (Å²) in [5.74, 6) is -0.401. The monoisotopic (exact) mass is 297 g/mol. The number of carbonyl (C=O) groups is 1. The van der Waals surface area contributed by atoms with Gasteiger partial charge in [-0.1, -0.05) is 0 Å². The van der Waals surface area contributed by atoms with Crippen molar-refractivity contribution in [3.05, 3.63) is 28.2 Å². The predicted molar refractivity (Wildman–Crippen MR) is 72.3 cm³/mol. The van der Waals surface area contributed by atoms with Crippen LogP contribution in [0.5, 0.6) is 0 Å². The number of hydrogen-bond donors (Lipinski definition) is 2. The number of carbonyl (C=O) groups excluding carboxylic acids is 1. The van der Waals surface area contributed by atoms with Crippen molar-refractivity contribution < 1.29 is 4.79 Å². The van der Waals surface area contributed by atoms with Crippen LogP contribution in [0.2, 0.25) is 0 Å². The van der Waals surface area contributed by atoms with Gasteiger partial charge in [-0.25, -0.2) is 0 Å². The van der Waals surface area contributed by atoms with Crippen LogP contribution in [0.3, 0.4) is 0 Å². The highest BCUT2D eigenvalue weighted by Crippen LogP contribution is 2.28. The second-order valence-electron chi connectivity index (χ2n) is 4.29. The number of anilines is 1. The Kier molecular flexibility index (Phi) is 3.69.